The van der Waals surface area contributed by atoms with E-state index in [9.17, 15) is 9.59 Å². The quantitative estimate of drug-likeness (QED) is 0.572. The summed E-state index contributed by atoms with van der Waals surface area (Å²) in [6.45, 7) is 7.53. The first-order valence-electron chi connectivity index (χ1n) is 10.1. The topological polar surface area (TPSA) is 58.3 Å². The molecule has 1 aromatic carbocycles. The number of hydrogen-bond acceptors (Lipinski definition) is 2. The third kappa shape index (κ3) is 3.92. The van der Waals surface area contributed by atoms with Gasteiger partial charge in [0.1, 0.15) is 31.7 Å². The Morgan fingerprint density at radius 3 is 2.44 bits per heavy atom. The number of piperazine rings is 1. The van der Waals surface area contributed by atoms with Crippen LogP contribution in [0.2, 0.25) is 0 Å². The van der Waals surface area contributed by atoms with E-state index in [0.717, 1.165) is 45.6 Å². The van der Waals surface area contributed by atoms with Gasteiger partial charge in [0.2, 0.25) is 0 Å². The zero-order valence-electron chi connectivity index (χ0n) is 16.0. The molecule has 6 nitrogen and oxygen atoms in total. The zero-order chi connectivity index (χ0) is 18.9. The van der Waals surface area contributed by atoms with Crippen molar-refractivity contribution in [2.45, 2.75) is 25.3 Å². The highest BCUT2D eigenvalue weighted by atomic mass is 16.2. The monoisotopic (exact) mass is 370 g/mol. The predicted octanol–water partition coefficient (Wildman–Crippen LogP) is -0.839. The minimum atomic E-state index is -0.661. The number of carbonyl (C=O) groups is 2. The molecule has 4 rings (SSSR count). The Morgan fingerprint density at radius 2 is 1.78 bits per heavy atom. The maximum Gasteiger partial charge on any atom is 0.329 e. The number of benzene rings is 1. The summed E-state index contributed by atoms with van der Waals surface area (Å²) < 4.78 is 0. The van der Waals surface area contributed by atoms with Gasteiger partial charge in [-0.2, -0.15) is 0 Å². The second kappa shape index (κ2) is 7.44. The van der Waals surface area contributed by atoms with Crippen LogP contribution >= 0.6 is 0 Å². The van der Waals surface area contributed by atoms with E-state index in [1.807, 2.05) is 13.0 Å². The molecule has 0 spiro atoms. The van der Waals surface area contributed by atoms with Crippen LogP contribution in [-0.2, 0) is 4.79 Å². The van der Waals surface area contributed by atoms with Gasteiger partial charge >= 0.3 is 6.03 Å². The van der Waals surface area contributed by atoms with Gasteiger partial charge in [-0.1, -0.05) is 36.4 Å². The lowest BCUT2D eigenvalue weighted by molar-refractivity contribution is -1.01. The lowest BCUT2D eigenvalue weighted by Gasteiger charge is -2.31. The summed E-state index contributed by atoms with van der Waals surface area (Å²) in [6, 6.07) is 10.2. The second-order valence-electron chi connectivity index (χ2n) is 8.32. The molecule has 3 amide bonds. The van der Waals surface area contributed by atoms with Crippen LogP contribution in [0.3, 0.4) is 0 Å². The molecular weight excluding hydrogens is 340 g/mol. The summed E-state index contributed by atoms with van der Waals surface area (Å²) >= 11 is 0. The Bertz CT molecular complexity index is 723. The van der Waals surface area contributed by atoms with E-state index in [1.165, 1.54) is 15.4 Å². The number of rotatable bonds is 6. The minimum Gasteiger partial charge on any atom is -0.323 e. The zero-order valence-corrected chi connectivity index (χ0v) is 16.0. The van der Waals surface area contributed by atoms with Crippen molar-refractivity contribution in [2.24, 2.45) is 5.92 Å². The number of urea groups is 1. The number of amides is 3. The average Bonchev–Trinajstić information content (AvgIpc) is 3.50. The summed E-state index contributed by atoms with van der Waals surface area (Å²) in [7, 11) is 0. The van der Waals surface area contributed by atoms with Crippen LogP contribution in [0, 0.1) is 5.92 Å². The molecule has 1 aromatic rings. The average molecular weight is 370 g/mol. The Kier molecular flexibility index (Phi) is 5.02. The van der Waals surface area contributed by atoms with E-state index in [4.69, 9.17) is 0 Å². The van der Waals surface area contributed by atoms with Crippen LogP contribution in [0.25, 0.3) is 6.08 Å². The summed E-state index contributed by atoms with van der Waals surface area (Å²) in [4.78, 5) is 29.4. The van der Waals surface area contributed by atoms with Gasteiger partial charge in [0.25, 0.3) is 5.91 Å². The lowest BCUT2D eigenvalue weighted by Crippen LogP contribution is -3.28. The number of nitrogens with zero attached hydrogens (tertiary/aromatic N) is 1. The number of carbonyl (C=O) groups excluding carboxylic acids is 2. The molecule has 0 aromatic heterocycles. The van der Waals surface area contributed by atoms with E-state index in [1.54, 1.807) is 4.90 Å². The standard InChI is InChI=1S/C21H28N4O2/c1-21(18-9-10-18)19(26)25(20(27)22-21)16-24-14-12-23(13-15-24)11-5-8-17-6-3-2-4-7-17/h2-8,18H,9-16H2,1H3,(H,22,27)/p+2/b8-5+/t21-/m0/s1. The van der Waals surface area contributed by atoms with Gasteiger partial charge in [-0.05, 0) is 37.3 Å². The number of imide groups is 1. The van der Waals surface area contributed by atoms with Gasteiger partial charge < -0.3 is 15.1 Å². The van der Waals surface area contributed by atoms with E-state index < -0.39 is 5.54 Å². The molecule has 2 heterocycles. The maximum atomic E-state index is 12.7. The van der Waals surface area contributed by atoms with E-state index in [-0.39, 0.29) is 11.9 Å². The molecule has 2 saturated heterocycles. The molecule has 0 bridgehead atoms. The fraction of sp³-hybridized carbons (Fsp3) is 0.524. The van der Waals surface area contributed by atoms with E-state index >= 15 is 0 Å². The molecule has 2 aliphatic heterocycles. The summed E-state index contributed by atoms with van der Waals surface area (Å²) in [5.74, 6) is 0.301. The number of quaternary nitrogens is 2. The van der Waals surface area contributed by atoms with Crippen molar-refractivity contribution in [3.8, 4) is 0 Å². The summed E-state index contributed by atoms with van der Waals surface area (Å²) in [6.07, 6.45) is 6.51. The van der Waals surface area contributed by atoms with Crippen molar-refractivity contribution in [2.75, 3.05) is 39.4 Å². The largest absolute Gasteiger partial charge is 0.329 e. The molecular formula is C21H30N4O2+2. The Balaban J connectivity index is 1.24. The van der Waals surface area contributed by atoms with Crippen LogP contribution in [0.1, 0.15) is 25.3 Å². The minimum absolute atomic E-state index is 0.0249. The molecule has 1 saturated carbocycles. The first kappa shape index (κ1) is 18.2. The molecule has 0 radical (unpaired) electrons. The third-order valence-corrected chi connectivity index (χ3v) is 6.26. The van der Waals surface area contributed by atoms with Crippen molar-refractivity contribution in [3.05, 3.63) is 42.0 Å². The molecule has 144 valence electrons. The third-order valence-electron chi connectivity index (χ3n) is 6.26. The summed E-state index contributed by atoms with van der Waals surface area (Å²) in [5.41, 5.74) is 0.574. The van der Waals surface area contributed by atoms with Crippen molar-refractivity contribution < 1.29 is 19.4 Å². The molecule has 6 heteroatoms. The Hall–Kier alpha value is -2.18. The van der Waals surface area contributed by atoms with Crippen LogP contribution < -0.4 is 15.1 Å². The Labute approximate surface area is 160 Å². The first-order chi connectivity index (χ1) is 13.1. The van der Waals surface area contributed by atoms with Gasteiger partial charge in [0, 0.05) is 0 Å². The predicted molar refractivity (Wildman–Crippen MR) is 103 cm³/mol. The van der Waals surface area contributed by atoms with Crippen molar-refractivity contribution in [1.82, 2.24) is 10.2 Å². The van der Waals surface area contributed by atoms with Crippen LogP contribution in [0.5, 0.6) is 0 Å². The van der Waals surface area contributed by atoms with Gasteiger partial charge in [0.05, 0.1) is 6.54 Å². The van der Waals surface area contributed by atoms with Crippen molar-refractivity contribution in [3.63, 3.8) is 0 Å². The lowest BCUT2D eigenvalue weighted by atomic mass is 9.96. The smallest absolute Gasteiger partial charge is 0.323 e. The van der Waals surface area contributed by atoms with Gasteiger partial charge in [-0.3, -0.25) is 4.79 Å². The molecule has 1 aliphatic carbocycles. The highest BCUT2D eigenvalue weighted by molar-refractivity contribution is 6.07. The van der Waals surface area contributed by atoms with Crippen LogP contribution in [0.4, 0.5) is 4.79 Å². The molecule has 3 aliphatic rings. The van der Waals surface area contributed by atoms with Crippen molar-refractivity contribution >= 4 is 18.0 Å². The van der Waals surface area contributed by atoms with Gasteiger partial charge in [-0.25, -0.2) is 9.69 Å². The maximum absolute atomic E-state index is 12.7. The molecule has 0 unspecified atom stereocenters. The fourth-order valence-electron chi connectivity index (χ4n) is 4.27. The fourth-order valence-corrected chi connectivity index (χ4v) is 4.27. The van der Waals surface area contributed by atoms with Gasteiger partial charge in [0.15, 0.2) is 6.67 Å². The van der Waals surface area contributed by atoms with Crippen LogP contribution in [0.15, 0.2) is 36.4 Å². The first-order valence-corrected chi connectivity index (χ1v) is 10.1. The summed E-state index contributed by atoms with van der Waals surface area (Å²) in [5, 5.41) is 2.94. The molecule has 27 heavy (non-hydrogen) atoms. The number of nitrogens with one attached hydrogen (secondary N) is 3. The van der Waals surface area contributed by atoms with E-state index in [2.05, 4.69) is 41.7 Å². The van der Waals surface area contributed by atoms with E-state index in [0.29, 0.717) is 12.6 Å². The second-order valence-corrected chi connectivity index (χ2v) is 8.32. The highest BCUT2D eigenvalue weighted by Gasteiger charge is 2.56. The highest BCUT2D eigenvalue weighted by Crippen LogP contribution is 2.42. The molecule has 1 atom stereocenters. The Morgan fingerprint density at radius 1 is 1.11 bits per heavy atom. The number of hydrogen-bond donors (Lipinski definition) is 3. The normalized spacial score (nSPS) is 31.5. The molecule has 3 fully saturated rings. The van der Waals surface area contributed by atoms with Crippen LogP contribution in [-0.4, -0.2) is 61.8 Å². The molecule has 3 N–H and O–H groups in total. The van der Waals surface area contributed by atoms with Gasteiger partial charge in [-0.15, -0.1) is 0 Å². The SMILES string of the molecule is C[C@@]1(C2CC2)NC(=O)N(C[NH+]2CC[NH+](C/C=C/c3ccccc3)CC2)C1=O. The van der Waals surface area contributed by atoms with Crippen molar-refractivity contribution in [1.29, 1.82) is 0 Å².